The maximum absolute atomic E-state index is 11.9. The molecule has 0 saturated heterocycles. The minimum atomic E-state index is -0.532. The van der Waals surface area contributed by atoms with Crippen molar-refractivity contribution in [3.8, 4) is 0 Å². The van der Waals surface area contributed by atoms with Crippen LogP contribution >= 0.6 is 11.3 Å². The molecular formula is C16H28N2O3S. The zero-order valence-corrected chi connectivity index (χ0v) is 15.2. The second-order valence-corrected chi connectivity index (χ2v) is 8.03. The highest BCUT2D eigenvalue weighted by Crippen LogP contribution is 2.32. The summed E-state index contributed by atoms with van der Waals surface area (Å²) in [5.74, 6) is 0.191. The van der Waals surface area contributed by atoms with Crippen molar-refractivity contribution in [2.45, 2.75) is 53.6 Å². The van der Waals surface area contributed by atoms with Gasteiger partial charge in [-0.25, -0.2) is 9.78 Å². The van der Waals surface area contributed by atoms with Gasteiger partial charge >= 0.3 is 6.09 Å². The van der Waals surface area contributed by atoms with Crippen molar-refractivity contribution < 1.29 is 14.6 Å². The van der Waals surface area contributed by atoms with Crippen LogP contribution in [0.2, 0.25) is 0 Å². The molecule has 0 aliphatic carbocycles. The normalized spacial score (nSPS) is 14.7. The van der Waals surface area contributed by atoms with Crippen LogP contribution in [0.3, 0.4) is 0 Å². The highest BCUT2D eigenvalue weighted by molar-refractivity contribution is 7.09. The Morgan fingerprint density at radius 3 is 2.50 bits per heavy atom. The summed E-state index contributed by atoms with van der Waals surface area (Å²) in [5.41, 5.74) is 0.00733. The molecule has 0 aromatic carbocycles. The van der Waals surface area contributed by atoms with Gasteiger partial charge in [0.1, 0.15) is 5.60 Å². The van der Waals surface area contributed by atoms with Crippen LogP contribution in [-0.4, -0.2) is 34.9 Å². The Balaban J connectivity index is 2.77. The molecule has 1 heterocycles. The third-order valence-corrected chi connectivity index (χ3v) is 4.66. The van der Waals surface area contributed by atoms with Crippen LogP contribution in [0.4, 0.5) is 4.79 Å². The number of aliphatic hydroxyl groups excluding tert-OH is 1. The van der Waals surface area contributed by atoms with Gasteiger partial charge < -0.3 is 15.2 Å². The van der Waals surface area contributed by atoms with E-state index in [1.807, 2.05) is 46.9 Å². The average Bonchev–Trinajstić information content (AvgIpc) is 2.77. The zero-order chi connectivity index (χ0) is 17.0. The Kier molecular flexibility index (Phi) is 6.38. The van der Waals surface area contributed by atoms with E-state index in [0.717, 1.165) is 10.7 Å². The molecule has 0 saturated carbocycles. The zero-order valence-electron chi connectivity index (χ0n) is 14.4. The molecule has 22 heavy (non-hydrogen) atoms. The molecule has 1 unspecified atom stereocenters. The smallest absolute Gasteiger partial charge is 0.407 e. The summed E-state index contributed by atoms with van der Waals surface area (Å²) >= 11 is 1.59. The predicted octanol–water partition coefficient (Wildman–Crippen LogP) is 3.15. The summed E-state index contributed by atoms with van der Waals surface area (Å²) in [6.07, 6.45) is 0.177. The fraction of sp³-hybridized carbons (Fsp3) is 0.750. The number of rotatable bonds is 6. The maximum atomic E-state index is 11.9. The molecule has 1 rings (SSSR count). The fourth-order valence-corrected chi connectivity index (χ4v) is 3.04. The average molecular weight is 328 g/mol. The van der Waals surface area contributed by atoms with Crippen LogP contribution in [0.5, 0.6) is 0 Å². The number of aromatic nitrogens is 1. The van der Waals surface area contributed by atoms with Crippen molar-refractivity contribution in [3.05, 3.63) is 16.1 Å². The van der Waals surface area contributed by atoms with Gasteiger partial charge in [-0.05, 0) is 33.6 Å². The molecule has 5 nitrogen and oxygen atoms in total. The number of hydrogen-bond donors (Lipinski definition) is 2. The number of hydrogen-bond acceptors (Lipinski definition) is 5. The number of carbonyl (C=O) groups is 1. The van der Waals surface area contributed by atoms with Gasteiger partial charge in [0.25, 0.3) is 0 Å². The standard InChI is InChI=1S/C16H28N2O3S/c1-11(2)16(10-19,7-13-18-12(3)8-22-13)9-17-14(20)21-15(4,5)6/h8,11,19H,7,9-10H2,1-6H3,(H,17,20). The number of aryl methyl sites for hydroxylation is 1. The summed E-state index contributed by atoms with van der Waals surface area (Å²) < 4.78 is 5.27. The highest BCUT2D eigenvalue weighted by atomic mass is 32.1. The van der Waals surface area contributed by atoms with Gasteiger partial charge in [-0.15, -0.1) is 11.3 Å². The lowest BCUT2D eigenvalue weighted by molar-refractivity contribution is 0.0394. The van der Waals surface area contributed by atoms with E-state index in [2.05, 4.69) is 10.3 Å². The molecule has 0 aliphatic rings. The molecule has 0 aliphatic heterocycles. The summed E-state index contributed by atoms with van der Waals surface area (Å²) in [7, 11) is 0. The molecule has 6 heteroatoms. The van der Waals surface area contributed by atoms with E-state index in [1.54, 1.807) is 11.3 Å². The Bertz CT molecular complexity index is 494. The third-order valence-electron chi connectivity index (χ3n) is 3.69. The van der Waals surface area contributed by atoms with E-state index in [-0.39, 0.29) is 12.5 Å². The number of nitrogens with zero attached hydrogens (tertiary/aromatic N) is 1. The van der Waals surface area contributed by atoms with Crippen LogP contribution < -0.4 is 5.32 Å². The summed E-state index contributed by atoms with van der Waals surface area (Å²) in [4.78, 5) is 16.3. The summed E-state index contributed by atoms with van der Waals surface area (Å²) in [5, 5.41) is 15.7. The molecule has 1 aromatic rings. The number of aliphatic hydroxyl groups is 1. The van der Waals surface area contributed by atoms with E-state index in [1.165, 1.54) is 0 Å². The fourth-order valence-electron chi connectivity index (χ4n) is 2.11. The lowest BCUT2D eigenvalue weighted by atomic mass is 9.75. The minimum absolute atomic E-state index is 0.0148. The van der Waals surface area contributed by atoms with Crippen LogP contribution in [0.1, 0.15) is 45.3 Å². The molecule has 0 bridgehead atoms. The van der Waals surface area contributed by atoms with E-state index >= 15 is 0 Å². The lowest BCUT2D eigenvalue weighted by Gasteiger charge is -2.35. The Morgan fingerprint density at radius 1 is 1.45 bits per heavy atom. The number of amides is 1. The Labute approximate surface area is 137 Å². The highest BCUT2D eigenvalue weighted by Gasteiger charge is 2.35. The van der Waals surface area contributed by atoms with Crippen LogP contribution in [0, 0.1) is 18.3 Å². The van der Waals surface area contributed by atoms with E-state index < -0.39 is 17.1 Å². The number of thiazole rings is 1. The molecule has 126 valence electrons. The number of alkyl carbamates (subject to hydrolysis) is 1. The first-order valence-electron chi connectivity index (χ1n) is 7.57. The van der Waals surface area contributed by atoms with Crippen LogP contribution in [-0.2, 0) is 11.2 Å². The SMILES string of the molecule is Cc1csc(CC(CO)(CNC(=O)OC(C)(C)C)C(C)C)n1. The maximum Gasteiger partial charge on any atom is 0.407 e. The molecule has 1 atom stereocenters. The quantitative estimate of drug-likeness (QED) is 0.841. The second kappa shape index (κ2) is 7.42. The summed E-state index contributed by atoms with van der Waals surface area (Å²) in [6.45, 7) is 11.9. The predicted molar refractivity (Wildman–Crippen MR) is 89.1 cm³/mol. The van der Waals surface area contributed by atoms with Crippen molar-refractivity contribution >= 4 is 17.4 Å². The number of nitrogens with one attached hydrogen (secondary N) is 1. The van der Waals surface area contributed by atoms with Crippen LogP contribution in [0.25, 0.3) is 0 Å². The van der Waals surface area contributed by atoms with Crippen LogP contribution in [0.15, 0.2) is 5.38 Å². The Hall–Kier alpha value is -1.14. The molecular weight excluding hydrogens is 300 g/mol. The van der Waals surface area contributed by atoms with Gasteiger partial charge in [0.05, 0.1) is 11.6 Å². The molecule has 0 spiro atoms. The topological polar surface area (TPSA) is 71.5 Å². The minimum Gasteiger partial charge on any atom is -0.444 e. The molecule has 1 aromatic heterocycles. The Morgan fingerprint density at radius 2 is 2.09 bits per heavy atom. The monoisotopic (exact) mass is 328 g/mol. The van der Waals surface area contributed by atoms with Crippen molar-refractivity contribution in [2.75, 3.05) is 13.2 Å². The van der Waals surface area contributed by atoms with E-state index in [0.29, 0.717) is 13.0 Å². The summed E-state index contributed by atoms with van der Waals surface area (Å²) in [6, 6.07) is 0. The number of carbonyl (C=O) groups excluding carboxylic acids is 1. The van der Waals surface area contributed by atoms with Gasteiger partial charge in [-0.2, -0.15) is 0 Å². The van der Waals surface area contributed by atoms with Crippen molar-refractivity contribution in [2.24, 2.45) is 11.3 Å². The number of ether oxygens (including phenoxy) is 1. The van der Waals surface area contributed by atoms with Crippen molar-refractivity contribution in [1.29, 1.82) is 0 Å². The van der Waals surface area contributed by atoms with E-state index in [4.69, 9.17) is 4.74 Å². The largest absolute Gasteiger partial charge is 0.444 e. The first-order valence-corrected chi connectivity index (χ1v) is 8.45. The van der Waals surface area contributed by atoms with Gasteiger partial charge in [0, 0.05) is 29.5 Å². The van der Waals surface area contributed by atoms with Gasteiger partial charge in [-0.3, -0.25) is 0 Å². The first-order chi connectivity index (χ1) is 10.1. The van der Waals surface area contributed by atoms with Gasteiger partial charge in [-0.1, -0.05) is 13.8 Å². The van der Waals surface area contributed by atoms with Gasteiger partial charge in [0.15, 0.2) is 0 Å². The van der Waals surface area contributed by atoms with Crippen molar-refractivity contribution in [1.82, 2.24) is 10.3 Å². The molecule has 0 fully saturated rings. The van der Waals surface area contributed by atoms with Gasteiger partial charge in [0.2, 0.25) is 0 Å². The third kappa shape index (κ3) is 5.57. The molecule has 2 N–H and O–H groups in total. The lowest BCUT2D eigenvalue weighted by Crippen LogP contribution is -2.46. The second-order valence-electron chi connectivity index (χ2n) is 7.09. The van der Waals surface area contributed by atoms with Crippen molar-refractivity contribution in [3.63, 3.8) is 0 Å². The molecule has 0 radical (unpaired) electrons. The first kappa shape index (κ1) is 18.9. The van der Waals surface area contributed by atoms with E-state index in [9.17, 15) is 9.90 Å². The molecule has 1 amide bonds.